The summed E-state index contributed by atoms with van der Waals surface area (Å²) >= 11 is 0. The Morgan fingerprint density at radius 3 is 2.71 bits per heavy atom. The Morgan fingerprint density at radius 1 is 1.00 bits per heavy atom. The largest absolute Gasteiger partial charge is 0.491 e. The van der Waals surface area contributed by atoms with Crippen LogP contribution in [0.15, 0.2) is 46.9 Å². The molecule has 17 heavy (non-hydrogen) atoms. The van der Waals surface area contributed by atoms with Gasteiger partial charge in [0.25, 0.3) is 0 Å². The Bertz CT molecular complexity index is 655. The molecule has 0 unspecified atom stereocenters. The molecule has 86 valence electrons. The summed E-state index contributed by atoms with van der Waals surface area (Å²) in [5.41, 5.74) is 1.73. The van der Waals surface area contributed by atoms with Gasteiger partial charge in [0.15, 0.2) is 0 Å². The number of hydrogen-bond donors (Lipinski definition) is 1. The SMILES string of the molecule is OCCOc1ccc2oc3ccccc3c2c1. The maximum absolute atomic E-state index is 8.73. The van der Waals surface area contributed by atoms with Crippen molar-refractivity contribution >= 4 is 21.9 Å². The summed E-state index contributed by atoms with van der Waals surface area (Å²) in [5.74, 6) is 0.748. The van der Waals surface area contributed by atoms with Crippen molar-refractivity contribution in [2.24, 2.45) is 0 Å². The van der Waals surface area contributed by atoms with Gasteiger partial charge in [-0.25, -0.2) is 0 Å². The van der Waals surface area contributed by atoms with Gasteiger partial charge in [-0.05, 0) is 24.3 Å². The van der Waals surface area contributed by atoms with E-state index >= 15 is 0 Å². The second-order valence-corrected chi connectivity index (χ2v) is 3.83. The van der Waals surface area contributed by atoms with Gasteiger partial charge in [-0.2, -0.15) is 0 Å². The zero-order valence-electron chi connectivity index (χ0n) is 9.22. The molecule has 0 aliphatic rings. The van der Waals surface area contributed by atoms with E-state index in [0.717, 1.165) is 27.7 Å². The summed E-state index contributed by atoms with van der Waals surface area (Å²) in [4.78, 5) is 0. The van der Waals surface area contributed by atoms with Gasteiger partial charge in [-0.3, -0.25) is 0 Å². The molecule has 1 heterocycles. The van der Waals surface area contributed by atoms with Gasteiger partial charge in [0.05, 0.1) is 6.61 Å². The highest BCUT2D eigenvalue weighted by atomic mass is 16.5. The molecule has 3 rings (SSSR count). The first-order valence-electron chi connectivity index (χ1n) is 5.53. The lowest BCUT2D eigenvalue weighted by Crippen LogP contribution is -2.01. The fourth-order valence-electron chi connectivity index (χ4n) is 1.96. The molecule has 0 aliphatic heterocycles. The molecular weight excluding hydrogens is 216 g/mol. The Morgan fingerprint density at radius 2 is 1.82 bits per heavy atom. The summed E-state index contributed by atoms with van der Waals surface area (Å²) in [6.07, 6.45) is 0. The van der Waals surface area contributed by atoms with E-state index in [1.807, 2.05) is 42.5 Å². The molecule has 0 bridgehead atoms. The Kier molecular flexibility index (Phi) is 2.46. The van der Waals surface area contributed by atoms with Crippen molar-refractivity contribution in [1.29, 1.82) is 0 Å². The summed E-state index contributed by atoms with van der Waals surface area (Å²) in [6.45, 7) is 0.325. The van der Waals surface area contributed by atoms with Crippen molar-refractivity contribution in [2.45, 2.75) is 0 Å². The number of aliphatic hydroxyl groups excluding tert-OH is 1. The third-order valence-electron chi connectivity index (χ3n) is 2.71. The van der Waals surface area contributed by atoms with Crippen LogP contribution in [-0.4, -0.2) is 18.3 Å². The summed E-state index contributed by atoms with van der Waals surface area (Å²) in [6, 6.07) is 13.6. The van der Waals surface area contributed by atoms with Gasteiger partial charge in [0, 0.05) is 10.8 Å². The average Bonchev–Trinajstić information content (AvgIpc) is 2.74. The molecule has 0 radical (unpaired) electrons. The van der Waals surface area contributed by atoms with E-state index in [1.54, 1.807) is 0 Å². The van der Waals surface area contributed by atoms with E-state index < -0.39 is 0 Å². The fourth-order valence-corrected chi connectivity index (χ4v) is 1.96. The molecule has 2 aromatic carbocycles. The number of aliphatic hydroxyl groups is 1. The maximum Gasteiger partial charge on any atom is 0.135 e. The molecule has 0 atom stereocenters. The second kappa shape index (κ2) is 4.11. The van der Waals surface area contributed by atoms with Crippen LogP contribution in [0.2, 0.25) is 0 Å². The van der Waals surface area contributed by atoms with Gasteiger partial charge in [-0.15, -0.1) is 0 Å². The summed E-state index contributed by atoms with van der Waals surface area (Å²) in [5, 5.41) is 10.8. The van der Waals surface area contributed by atoms with Crippen molar-refractivity contribution in [3.8, 4) is 5.75 Å². The molecule has 0 fully saturated rings. The molecule has 0 amide bonds. The number of para-hydroxylation sites is 1. The van der Waals surface area contributed by atoms with E-state index in [9.17, 15) is 0 Å². The molecule has 0 saturated carbocycles. The number of ether oxygens (including phenoxy) is 1. The predicted molar refractivity (Wildman–Crippen MR) is 66.3 cm³/mol. The monoisotopic (exact) mass is 228 g/mol. The lowest BCUT2D eigenvalue weighted by Gasteiger charge is -2.02. The van der Waals surface area contributed by atoms with Crippen LogP contribution < -0.4 is 4.74 Å². The van der Waals surface area contributed by atoms with Crippen molar-refractivity contribution in [1.82, 2.24) is 0 Å². The van der Waals surface area contributed by atoms with Crippen LogP contribution in [0, 0.1) is 0 Å². The van der Waals surface area contributed by atoms with Gasteiger partial charge in [-0.1, -0.05) is 18.2 Å². The van der Waals surface area contributed by atoms with E-state index in [1.165, 1.54) is 0 Å². The predicted octanol–water partition coefficient (Wildman–Crippen LogP) is 2.96. The molecule has 1 N–H and O–H groups in total. The molecule has 0 spiro atoms. The van der Waals surface area contributed by atoms with Crippen LogP contribution in [0.1, 0.15) is 0 Å². The number of furan rings is 1. The number of rotatable bonds is 3. The van der Waals surface area contributed by atoms with Gasteiger partial charge < -0.3 is 14.3 Å². The van der Waals surface area contributed by atoms with Crippen LogP contribution in [0.4, 0.5) is 0 Å². The summed E-state index contributed by atoms with van der Waals surface area (Å²) in [7, 11) is 0. The van der Waals surface area contributed by atoms with Gasteiger partial charge in [0.2, 0.25) is 0 Å². The molecule has 1 aromatic heterocycles. The van der Waals surface area contributed by atoms with Crippen LogP contribution >= 0.6 is 0 Å². The lowest BCUT2D eigenvalue weighted by molar-refractivity contribution is 0.201. The minimum atomic E-state index is 0.0180. The van der Waals surface area contributed by atoms with Crippen molar-refractivity contribution in [3.63, 3.8) is 0 Å². The molecule has 3 heteroatoms. The van der Waals surface area contributed by atoms with Crippen LogP contribution in [0.5, 0.6) is 5.75 Å². The zero-order valence-corrected chi connectivity index (χ0v) is 9.22. The number of fused-ring (bicyclic) bond motifs is 3. The van der Waals surface area contributed by atoms with Crippen LogP contribution in [0.3, 0.4) is 0 Å². The number of benzene rings is 2. The normalized spacial score (nSPS) is 11.1. The Hall–Kier alpha value is -2.00. The lowest BCUT2D eigenvalue weighted by atomic mass is 10.1. The van der Waals surface area contributed by atoms with Gasteiger partial charge in [0.1, 0.15) is 23.5 Å². The van der Waals surface area contributed by atoms with Crippen molar-refractivity contribution in [2.75, 3.05) is 13.2 Å². The minimum absolute atomic E-state index is 0.0180. The quantitative estimate of drug-likeness (QED) is 0.749. The van der Waals surface area contributed by atoms with Crippen molar-refractivity contribution < 1.29 is 14.3 Å². The third-order valence-corrected chi connectivity index (χ3v) is 2.71. The standard InChI is InChI=1S/C14H12O3/c15-7-8-16-10-5-6-14-12(9-10)11-3-1-2-4-13(11)17-14/h1-6,9,15H,7-8H2. The van der Waals surface area contributed by atoms with Crippen molar-refractivity contribution in [3.05, 3.63) is 42.5 Å². The first-order valence-corrected chi connectivity index (χ1v) is 5.53. The van der Waals surface area contributed by atoms with Crippen LogP contribution in [0.25, 0.3) is 21.9 Å². The molecule has 0 aliphatic carbocycles. The molecular formula is C14H12O3. The first kappa shape index (κ1) is 10.2. The van der Waals surface area contributed by atoms with Crippen LogP contribution in [-0.2, 0) is 0 Å². The van der Waals surface area contributed by atoms with E-state index in [2.05, 4.69) is 0 Å². The maximum atomic E-state index is 8.73. The first-order chi connectivity index (χ1) is 8.38. The van der Waals surface area contributed by atoms with Gasteiger partial charge >= 0.3 is 0 Å². The Balaban J connectivity index is 2.16. The smallest absolute Gasteiger partial charge is 0.135 e. The number of hydrogen-bond acceptors (Lipinski definition) is 3. The average molecular weight is 228 g/mol. The fraction of sp³-hybridized carbons (Fsp3) is 0.143. The van der Waals surface area contributed by atoms with E-state index in [-0.39, 0.29) is 6.61 Å². The molecule has 3 nitrogen and oxygen atoms in total. The van der Waals surface area contributed by atoms with E-state index in [4.69, 9.17) is 14.3 Å². The minimum Gasteiger partial charge on any atom is -0.491 e. The highest BCUT2D eigenvalue weighted by molar-refractivity contribution is 6.05. The second-order valence-electron chi connectivity index (χ2n) is 3.83. The summed E-state index contributed by atoms with van der Waals surface area (Å²) < 4.78 is 11.1. The highest BCUT2D eigenvalue weighted by Gasteiger charge is 2.06. The molecule has 3 aromatic rings. The zero-order chi connectivity index (χ0) is 11.7. The Labute approximate surface area is 98.2 Å². The highest BCUT2D eigenvalue weighted by Crippen LogP contribution is 2.31. The third kappa shape index (κ3) is 1.74. The topological polar surface area (TPSA) is 42.6 Å². The van der Waals surface area contributed by atoms with E-state index in [0.29, 0.717) is 6.61 Å². The molecule has 0 saturated heterocycles.